The number of ether oxygens (including phenoxy) is 1. The molecule has 0 spiro atoms. The second-order valence-electron chi connectivity index (χ2n) is 10.5. The van der Waals surface area contributed by atoms with E-state index in [2.05, 4.69) is 16.0 Å². The number of carbonyl (C=O) groups is 3. The number of hydrogen-bond donors (Lipinski definition) is 4. The van der Waals surface area contributed by atoms with Crippen LogP contribution in [0, 0.1) is 5.92 Å². The van der Waals surface area contributed by atoms with Crippen LogP contribution in [0.15, 0.2) is 71.6 Å². The number of hydrogen-bond acceptors (Lipinski definition) is 6. The van der Waals surface area contributed by atoms with Crippen LogP contribution in [0.2, 0.25) is 0 Å². The van der Waals surface area contributed by atoms with Crippen molar-refractivity contribution in [2.45, 2.75) is 56.0 Å². The van der Waals surface area contributed by atoms with Gasteiger partial charge in [0.1, 0.15) is 23.6 Å². The number of carbonyl (C=O) groups excluding carboxylic acids is 3. The Bertz CT molecular complexity index is 1580. The summed E-state index contributed by atoms with van der Waals surface area (Å²) in [6.07, 6.45) is -0.190. The van der Waals surface area contributed by atoms with Crippen LogP contribution in [0.1, 0.15) is 49.8 Å². The van der Waals surface area contributed by atoms with E-state index in [9.17, 15) is 27.4 Å². The maximum absolute atomic E-state index is 13.2. The fraction of sp³-hybridized carbons (Fsp3) is 0.323. The predicted molar refractivity (Wildman–Crippen MR) is 163 cm³/mol. The van der Waals surface area contributed by atoms with Gasteiger partial charge < -0.3 is 20.7 Å². The molecule has 3 amide bonds. The number of nitrogens with one attached hydrogen (secondary N) is 3. The molecule has 0 fully saturated rings. The van der Waals surface area contributed by atoms with E-state index in [-0.39, 0.29) is 35.6 Å². The van der Waals surface area contributed by atoms with Crippen LogP contribution in [-0.2, 0) is 30.3 Å². The van der Waals surface area contributed by atoms with Gasteiger partial charge in [0.2, 0.25) is 11.8 Å². The van der Waals surface area contributed by atoms with Gasteiger partial charge >= 0.3 is 6.09 Å². The molecule has 1 aliphatic carbocycles. The van der Waals surface area contributed by atoms with E-state index in [0.29, 0.717) is 6.42 Å². The van der Waals surface area contributed by atoms with Crippen molar-refractivity contribution in [3.63, 3.8) is 0 Å². The minimum atomic E-state index is -4.58. The molecular formula is C31H34ClN3O7S. The van der Waals surface area contributed by atoms with Gasteiger partial charge in [-0.1, -0.05) is 74.9 Å². The third kappa shape index (κ3) is 7.35. The van der Waals surface area contributed by atoms with Gasteiger partial charge in [-0.3, -0.25) is 14.1 Å². The van der Waals surface area contributed by atoms with E-state index in [1.165, 1.54) is 19.1 Å². The Morgan fingerprint density at radius 2 is 1.53 bits per heavy atom. The van der Waals surface area contributed by atoms with Crippen molar-refractivity contribution in [2.24, 2.45) is 5.92 Å². The SMILES string of the molecule is CCC(C)[C@H](NC(=O)OCC1c2ccccc2-c2ccccc21)C(=O)N[C@@H](C)C(=O)Nc1ccc(CCl)c(S(=O)(=O)O)c1. The fourth-order valence-electron chi connectivity index (χ4n) is 5.07. The molecule has 1 aliphatic rings. The second kappa shape index (κ2) is 13.6. The van der Waals surface area contributed by atoms with Gasteiger partial charge in [-0.25, -0.2) is 4.79 Å². The summed E-state index contributed by atoms with van der Waals surface area (Å²) in [4.78, 5) is 38.5. The number of amides is 3. The molecule has 4 N–H and O–H groups in total. The van der Waals surface area contributed by atoms with Crippen molar-refractivity contribution in [1.29, 1.82) is 0 Å². The molecule has 3 aromatic rings. The molecular weight excluding hydrogens is 594 g/mol. The number of alkyl carbamates (subject to hydrolysis) is 1. The quantitative estimate of drug-likeness (QED) is 0.171. The lowest BCUT2D eigenvalue weighted by molar-refractivity contribution is -0.128. The largest absolute Gasteiger partial charge is 0.449 e. The van der Waals surface area contributed by atoms with Crippen molar-refractivity contribution in [2.75, 3.05) is 11.9 Å². The summed E-state index contributed by atoms with van der Waals surface area (Å²) in [5, 5.41) is 7.78. The van der Waals surface area contributed by atoms with Crippen molar-refractivity contribution >= 4 is 45.3 Å². The predicted octanol–water partition coefficient (Wildman–Crippen LogP) is 5.07. The molecule has 3 atom stereocenters. The van der Waals surface area contributed by atoms with Gasteiger partial charge in [-0.05, 0) is 52.8 Å². The van der Waals surface area contributed by atoms with Crippen molar-refractivity contribution in [3.05, 3.63) is 83.4 Å². The third-order valence-electron chi connectivity index (χ3n) is 7.62. The molecule has 43 heavy (non-hydrogen) atoms. The lowest BCUT2D eigenvalue weighted by atomic mass is 9.98. The molecule has 3 aromatic carbocycles. The zero-order valence-corrected chi connectivity index (χ0v) is 25.5. The standard InChI is InChI=1S/C31H34ClN3O7S/c1-4-18(2)28(30(37)33-19(3)29(36)34-21-14-13-20(16-32)27(15-21)43(39,40)41)35-31(38)42-17-26-24-11-7-5-9-22(24)23-10-6-8-12-25(23)26/h5-15,18-19,26,28H,4,16-17H2,1-3H3,(H,33,37)(H,34,36)(H,35,38)(H,39,40,41)/t18?,19-,28-/m0/s1. The van der Waals surface area contributed by atoms with Crippen LogP contribution in [0.3, 0.4) is 0 Å². The maximum atomic E-state index is 13.2. The maximum Gasteiger partial charge on any atom is 0.407 e. The van der Waals surface area contributed by atoms with Crippen molar-refractivity contribution in [1.82, 2.24) is 10.6 Å². The molecule has 0 aliphatic heterocycles. The molecule has 12 heteroatoms. The first-order chi connectivity index (χ1) is 20.4. The zero-order chi connectivity index (χ0) is 31.3. The normalized spacial score (nSPS) is 14.5. The van der Waals surface area contributed by atoms with Crippen LogP contribution < -0.4 is 16.0 Å². The molecule has 228 valence electrons. The number of halogens is 1. The second-order valence-corrected chi connectivity index (χ2v) is 12.1. The summed E-state index contributed by atoms with van der Waals surface area (Å²) in [6.45, 7) is 5.21. The molecule has 0 aromatic heterocycles. The van der Waals surface area contributed by atoms with Crippen molar-refractivity contribution in [3.8, 4) is 11.1 Å². The number of benzene rings is 3. The minimum Gasteiger partial charge on any atom is -0.449 e. The summed E-state index contributed by atoms with van der Waals surface area (Å²) in [7, 11) is -4.58. The molecule has 0 heterocycles. The van der Waals surface area contributed by atoms with Gasteiger partial charge in [-0.15, -0.1) is 11.6 Å². The first-order valence-electron chi connectivity index (χ1n) is 13.8. The Balaban J connectivity index is 1.39. The van der Waals surface area contributed by atoms with Gasteiger partial charge in [0.25, 0.3) is 10.1 Å². The number of rotatable bonds is 11. The Kier molecular flexibility index (Phi) is 10.1. The molecule has 0 radical (unpaired) electrons. The van der Waals surface area contributed by atoms with E-state index in [0.717, 1.165) is 28.3 Å². The van der Waals surface area contributed by atoms with Crippen LogP contribution in [-0.4, -0.2) is 49.6 Å². The molecule has 0 saturated carbocycles. The molecule has 10 nitrogen and oxygen atoms in total. The Hall–Kier alpha value is -3.93. The van der Waals surface area contributed by atoms with Crippen molar-refractivity contribution < 1.29 is 32.1 Å². The summed E-state index contributed by atoms with van der Waals surface area (Å²) in [5.41, 5.74) is 4.57. The van der Waals surface area contributed by atoms with E-state index in [4.69, 9.17) is 16.3 Å². The van der Waals surface area contributed by atoms with Crippen LogP contribution >= 0.6 is 11.6 Å². The Labute approximate surface area is 255 Å². The van der Waals surface area contributed by atoms with E-state index in [1.807, 2.05) is 55.5 Å². The minimum absolute atomic E-state index is 0.0849. The van der Waals surface area contributed by atoms with Gasteiger partial charge in [-0.2, -0.15) is 8.42 Å². The highest BCUT2D eigenvalue weighted by Crippen LogP contribution is 2.44. The molecule has 0 bridgehead atoms. The molecule has 1 unspecified atom stereocenters. The Morgan fingerprint density at radius 1 is 0.930 bits per heavy atom. The summed E-state index contributed by atoms with van der Waals surface area (Å²) < 4.78 is 38.5. The summed E-state index contributed by atoms with van der Waals surface area (Å²) in [6, 6.07) is 17.8. The average molecular weight is 628 g/mol. The fourth-order valence-corrected chi connectivity index (χ4v) is 6.13. The average Bonchev–Trinajstić information content (AvgIpc) is 3.31. The highest BCUT2D eigenvalue weighted by molar-refractivity contribution is 7.85. The molecule has 0 saturated heterocycles. The first-order valence-corrected chi connectivity index (χ1v) is 15.8. The lowest BCUT2D eigenvalue weighted by Gasteiger charge is -2.25. The summed E-state index contributed by atoms with van der Waals surface area (Å²) >= 11 is 5.75. The number of alkyl halides is 1. The lowest BCUT2D eigenvalue weighted by Crippen LogP contribution is -2.54. The van der Waals surface area contributed by atoms with Crippen LogP contribution in [0.4, 0.5) is 10.5 Å². The monoisotopic (exact) mass is 627 g/mol. The van der Waals surface area contributed by atoms with Gasteiger partial charge in [0, 0.05) is 17.5 Å². The topological polar surface area (TPSA) is 151 Å². The van der Waals surface area contributed by atoms with Gasteiger partial charge in [0.15, 0.2) is 0 Å². The highest BCUT2D eigenvalue weighted by atomic mass is 35.5. The van der Waals surface area contributed by atoms with E-state index >= 15 is 0 Å². The van der Waals surface area contributed by atoms with E-state index < -0.39 is 45.0 Å². The summed E-state index contributed by atoms with van der Waals surface area (Å²) in [5.74, 6) is -1.81. The van der Waals surface area contributed by atoms with Crippen LogP contribution in [0.5, 0.6) is 0 Å². The van der Waals surface area contributed by atoms with Gasteiger partial charge in [0.05, 0.1) is 0 Å². The van der Waals surface area contributed by atoms with Crippen LogP contribution in [0.25, 0.3) is 11.1 Å². The first kappa shape index (κ1) is 32.0. The molecule has 4 rings (SSSR count). The number of fused-ring (bicyclic) bond motifs is 3. The van der Waals surface area contributed by atoms with E-state index in [1.54, 1.807) is 6.92 Å². The smallest absolute Gasteiger partial charge is 0.407 e. The third-order valence-corrected chi connectivity index (χ3v) is 8.84. The zero-order valence-electron chi connectivity index (χ0n) is 24.0. The Morgan fingerprint density at radius 3 is 2.09 bits per heavy atom. The highest BCUT2D eigenvalue weighted by Gasteiger charge is 2.32. The number of anilines is 1.